The predicted octanol–water partition coefficient (Wildman–Crippen LogP) is 4.94. The minimum absolute atomic E-state index is 0.0190. The lowest BCUT2D eigenvalue weighted by molar-refractivity contribution is -0.114. The SMILES string of the molecule is CCOc1cc(/C=C2/C(=N)N3N=C(C(C)C)SC3=NC2=O)ccc1OCc1ccccc1. The van der Waals surface area contributed by atoms with Gasteiger partial charge in [-0.05, 0) is 48.0 Å². The first-order valence-corrected chi connectivity index (χ1v) is 11.2. The fourth-order valence-corrected chi connectivity index (χ4v) is 4.04. The number of amides is 1. The van der Waals surface area contributed by atoms with Crippen molar-refractivity contribution in [2.45, 2.75) is 27.4 Å². The Labute approximate surface area is 191 Å². The monoisotopic (exact) mass is 448 g/mol. The van der Waals surface area contributed by atoms with E-state index in [2.05, 4.69) is 10.1 Å². The van der Waals surface area contributed by atoms with Crippen molar-refractivity contribution < 1.29 is 14.3 Å². The van der Waals surface area contributed by atoms with Gasteiger partial charge in [0.25, 0.3) is 5.91 Å². The number of hydrazone groups is 1. The van der Waals surface area contributed by atoms with Crippen LogP contribution in [0.15, 0.2) is 64.2 Å². The van der Waals surface area contributed by atoms with Crippen LogP contribution in [0.25, 0.3) is 6.08 Å². The average Bonchev–Trinajstić information content (AvgIpc) is 3.21. The Bertz CT molecular complexity index is 1140. The second-order valence-corrected chi connectivity index (χ2v) is 8.51. The van der Waals surface area contributed by atoms with Crippen LogP contribution in [0.5, 0.6) is 11.5 Å². The Morgan fingerprint density at radius 2 is 1.91 bits per heavy atom. The fraction of sp³-hybridized carbons (Fsp3) is 0.250. The summed E-state index contributed by atoms with van der Waals surface area (Å²) in [6.07, 6.45) is 1.64. The molecule has 0 unspecified atom stereocenters. The molecule has 0 aliphatic carbocycles. The Hall–Kier alpha value is -3.39. The Kier molecular flexibility index (Phi) is 6.41. The van der Waals surface area contributed by atoms with Gasteiger partial charge in [-0.25, -0.2) is 0 Å². The zero-order valence-electron chi connectivity index (χ0n) is 18.2. The molecule has 0 bridgehead atoms. The second kappa shape index (κ2) is 9.40. The number of hydrogen-bond acceptors (Lipinski definition) is 6. The van der Waals surface area contributed by atoms with Crippen LogP contribution in [0.4, 0.5) is 0 Å². The molecular weight excluding hydrogens is 424 g/mol. The van der Waals surface area contributed by atoms with Gasteiger partial charge >= 0.3 is 0 Å². The first kappa shape index (κ1) is 21.8. The molecule has 2 aromatic carbocycles. The Balaban J connectivity index is 1.59. The van der Waals surface area contributed by atoms with E-state index in [1.165, 1.54) is 16.8 Å². The molecule has 164 valence electrons. The summed E-state index contributed by atoms with van der Waals surface area (Å²) < 4.78 is 11.7. The molecule has 0 radical (unpaired) electrons. The van der Waals surface area contributed by atoms with Gasteiger partial charge in [0.05, 0.1) is 12.2 Å². The third-order valence-electron chi connectivity index (χ3n) is 4.78. The van der Waals surface area contributed by atoms with Crippen LogP contribution < -0.4 is 9.47 Å². The van der Waals surface area contributed by atoms with E-state index in [9.17, 15) is 4.79 Å². The molecule has 1 amide bonds. The molecule has 32 heavy (non-hydrogen) atoms. The van der Waals surface area contributed by atoms with Crippen LogP contribution in [0.3, 0.4) is 0 Å². The largest absolute Gasteiger partial charge is 0.490 e. The first-order chi connectivity index (χ1) is 15.5. The van der Waals surface area contributed by atoms with Crippen molar-refractivity contribution >= 4 is 39.8 Å². The third kappa shape index (κ3) is 4.60. The maximum Gasteiger partial charge on any atom is 0.283 e. The number of nitrogens with zero attached hydrogens (tertiary/aromatic N) is 3. The van der Waals surface area contributed by atoms with Gasteiger partial charge < -0.3 is 9.47 Å². The summed E-state index contributed by atoms with van der Waals surface area (Å²) in [4.78, 5) is 16.8. The van der Waals surface area contributed by atoms with Gasteiger partial charge in [0, 0.05) is 5.92 Å². The van der Waals surface area contributed by atoms with E-state index >= 15 is 0 Å². The molecule has 4 rings (SSSR count). The van der Waals surface area contributed by atoms with Crippen molar-refractivity contribution in [2.24, 2.45) is 16.0 Å². The summed E-state index contributed by atoms with van der Waals surface area (Å²) in [7, 11) is 0. The third-order valence-corrected chi connectivity index (χ3v) is 5.99. The lowest BCUT2D eigenvalue weighted by Crippen LogP contribution is -2.35. The summed E-state index contributed by atoms with van der Waals surface area (Å²) in [5.41, 5.74) is 1.96. The van der Waals surface area contributed by atoms with Crippen LogP contribution in [0.2, 0.25) is 0 Å². The number of amidine groups is 2. The number of carbonyl (C=O) groups is 1. The van der Waals surface area contributed by atoms with E-state index in [4.69, 9.17) is 14.9 Å². The standard InChI is InChI=1S/C24H24N4O3S/c1-4-30-20-13-17(10-11-19(20)31-14-16-8-6-5-7-9-16)12-18-21(25)28-24(26-22(18)29)32-23(27-28)15(2)3/h5-13,15,25H,4,14H2,1-3H3/b18-12-,25-21?. The van der Waals surface area contributed by atoms with E-state index in [0.717, 1.165) is 10.6 Å². The molecule has 2 heterocycles. The van der Waals surface area contributed by atoms with Crippen LogP contribution in [0.1, 0.15) is 31.9 Å². The smallest absolute Gasteiger partial charge is 0.283 e. The molecule has 2 aliphatic heterocycles. The number of ether oxygens (including phenoxy) is 2. The summed E-state index contributed by atoms with van der Waals surface area (Å²) in [6, 6.07) is 15.3. The van der Waals surface area contributed by atoms with Gasteiger partial charge in [0.15, 0.2) is 17.3 Å². The predicted molar refractivity (Wildman–Crippen MR) is 128 cm³/mol. The van der Waals surface area contributed by atoms with Gasteiger partial charge in [-0.3, -0.25) is 10.2 Å². The van der Waals surface area contributed by atoms with Gasteiger partial charge in [0.2, 0.25) is 5.17 Å². The molecule has 0 atom stereocenters. The van der Waals surface area contributed by atoms with Crippen molar-refractivity contribution in [1.29, 1.82) is 5.41 Å². The summed E-state index contributed by atoms with van der Waals surface area (Å²) in [5.74, 6) is 0.960. The summed E-state index contributed by atoms with van der Waals surface area (Å²) in [6.45, 7) is 6.83. The molecule has 1 N–H and O–H groups in total. The Morgan fingerprint density at radius 3 is 2.62 bits per heavy atom. The molecule has 0 saturated carbocycles. The highest BCUT2D eigenvalue weighted by Crippen LogP contribution is 2.33. The number of benzene rings is 2. The lowest BCUT2D eigenvalue weighted by Gasteiger charge is -2.20. The zero-order valence-corrected chi connectivity index (χ0v) is 19.0. The number of aliphatic imine (C=N–C) groups is 1. The molecule has 2 aliphatic rings. The molecule has 2 aromatic rings. The molecule has 7 nitrogen and oxygen atoms in total. The van der Waals surface area contributed by atoms with E-state index in [1.54, 1.807) is 12.1 Å². The quantitative estimate of drug-likeness (QED) is 0.606. The molecule has 0 aromatic heterocycles. The normalized spacial score (nSPS) is 16.9. The zero-order chi connectivity index (χ0) is 22.7. The van der Waals surface area contributed by atoms with Crippen LogP contribution >= 0.6 is 11.8 Å². The number of hydrogen-bond donors (Lipinski definition) is 1. The molecule has 0 fully saturated rings. The van der Waals surface area contributed by atoms with Crippen LogP contribution in [-0.2, 0) is 11.4 Å². The van der Waals surface area contributed by atoms with Crippen LogP contribution in [0, 0.1) is 11.3 Å². The number of rotatable bonds is 7. The van der Waals surface area contributed by atoms with E-state index in [1.807, 2.05) is 63.2 Å². The molecule has 8 heteroatoms. The molecule has 0 saturated heterocycles. The van der Waals surface area contributed by atoms with Crippen molar-refractivity contribution in [1.82, 2.24) is 5.01 Å². The van der Waals surface area contributed by atoms with Gasteiger partial charge in [-0.1, -0.05) is 50.2 Å². The number of thioether (sulfide) groups is 1. The van der Waals surface area contributed by atoms with E-state index in [0.29, 0.717) is 35.4 Å². The number of carbonyl (C=O) groups excluding carboxylic acids is 1. The maximum absolute atomic E-state index is 12.6. The van der Waals surface area contributed by atoms with Gasteiger partial charge in [-0.2, -0.15) is 15.1 Å². The topological polar surface area (TPSA) is 87.3 Å². The van der Waals surface area contributed by atoms with E-state index in [-0.39, 0.29) is 17.3 Å². The summed E-state index contributed by atoms with van der Waals surface area (Å²) >= 11 is 1.33. The minimum atomic E-state index is -0.448. The van der Waals surface area contributed by atoms with Crippen molar-refractivity contribution in [3.05, 3.63) is 65.2 Å². The summed E-state index contributed by atoms with van der Waals surface area (Å²) in [5, 5.41) is 15.6. The van der Waals surface area contributed by atoms with Gasteiger partial charge in [0.1, 0.15) is 11.7 Å². The Morgan fingerprint density at radius 1 is 1.12 bits per heavy atom. The highest BCUT2D eigenvalue weighted by molar-refractivity contribution is 8.27. The highest BCUT2D eigenvalue weighted by Gasteiger charge is 2.36. The maximum atomic E-state index is 12.6. The number of nitrogens with one attached hydrogen (secondary N) is 1. The lowest BCUT2D eigenvalue weighted by atomic mass is 10.1. The molecule has 0 spiro atoms. The number of fused-ring (bicyclic) bond motifs is 1. The average molecular weight is 449 g/mol. The molecular formula is C24H24N4O3S. The van der Waals surface area contributed by atoms with E-state index < -0.39 is 5.91 Å². The van der Waals surface area contributed by atoms with Crippen LogP contribution in [-0.4, -0.2) is 33.6 Å². The minimum Gasteiger partial charge on any atom is -0.490 e. The highest BCUT2D eigenvalue weighted by atomic mass is 32.2. The fourth-order valence-electron chi connectivity index (χ4n) is 3.14. The first-order valence-electron chi connectivity index (χ1n) is 10.4. The van der Waals surface area contributed by atoms with Crippen molar-refractivity contribution in [3.63, 3.8) is 0 Å². The second-order valence-electron chi connectivity index (χ2n) is 7.53. The van der Waals surface area contributed by atoms with Crippen molar-refractivity contribution in [3.8, 4) is 11.5 Å². The van der Waals surface area contributed by atoms with Gasteiger partial charge in [-0.15, -0.1) is 0 Å². The van der Waals surface area contributed by atoms with Crippen molar-refractivity contribution in [2.75, 3.05) is 6.61 Å².